The number of hydrogen-bond acceptors (Lipinski definition) is 7. The standard InChI is InChI=1S/C21H16N4O6/c26-9-8-24-11-14(21(29)23-15-5-1-2-6-16(15)25(30)31)20(28)13-10-17(27)18-12(19(13)24)4-3-7-22-18/h1-7,10-11,26-27H,8-9H2,(H,23,29). The maximum absolute atomic E-state index is 13.1. The number of nitro groups is 1. The van der Waals surface area contributed by atoms with E-state index in [9.17, 15) is 29.9 Å². The van der Waals surface area contributed by atoms with Crippen LogP contribution in [0, 0.1) is 10.1 Å². The third kappa shape index (κ3) is 3.45. The van der Waals surface area contributed by atoms with Crippen LogP contribution in [-0.2, 0) is 6.54 Å². The number of nitrogens with one attached hydrogen (secondary N) is 1. The SMILES string of the molecule is O=C(Nc1ccccc1[N+](=O)[O-])c1cn(CCO)c2c(cc(O)c3ncccc32)c1=O. The number of aliphatic hydroxyl groups excluding tert-OH is 1. The molecule has 4 aromatic rings. The number of benzene rings is 2. The summed E-state index contributed by atoms with van der Waals surface area (Å²) in [7, 11) is 0. The average Bonchev–Trinajstić information content (AvgIpc) is 2.76. The topological polar surface area (TPSA) is 148 Å². The van der Waals surface area contributed by atoms with Crippen molar-refractivity contribution in [3.8, 4) is 5.75 Å². The van der Waals surface area contributed by atoms with Gasteiger partial charge in [0.25, 0.3) is 11.6 Å². The lowest BCUT2D eigenvalue weighted by molar-refractivity contribution is -0.383. The largest absolute Gasteiger partial charge is 0.506 e. The first-order valence-electron chi connectivity index (χ1n) is 9.22. The molecule has 1 amide bonds. The van der Waals surface area contributed by atoms with Crippen LogP contribution in [0.3, 0.4) is 0 Å². The fourth-order valence-electron chi connectivity index (χ4n) is 3.50. The molecule has 0 aliphatic carbocycles. The van der Waals surface area contributed by atoms with Crippen LogP contribution in [0.2, 0.25) is 0 Å². The number of rotatable bonds is 5. The molecule has 156 valence electrons. The molecule has 10 heteroatoms. The molecule has 0 saturated carbocycles. The van der Waals surface area contributed by atoms with E-state index in [0.29, 0.717) is 10.9 Å². The lowest BCUT2D eigenvalue weighted by Crippen LogP contribution is -2.24. The Morgan fingerprint density at radius 2 is 1.97 bits per heavy atom. The molecule has 0 bridgehead atoms. The van der Waals surface area contributed by atoms with Gasteiger partial charge >= 0.3 is 0 Å². The number of carbonyl (C=O) groups is 1. The number of nitrogens with zero attached hydrogens (tertiary/aromatic N) is 3. The Morgan fingerprint density at radius 1 is 1.19 bits per heavy atom. The van der Waals surface area contributed by atoms with Crippen molar-refractivity contribution in [1.29, 1.82) is 0 Å². The third-order valence-corrected chi connectivity index (χ3v) is 4.84. The number of carbonyl (C=O) groups excluding carboxylic acids is 1. The van der Waals surface area contributed by atoms with Crippen LogP contribution in [0.5, 0.6) is 5.75 Å². The number of aliphatic hydroxyl groups is 1. The van der Waals surface area contributed by atoms with Crippen LogP contribution >= 0.6 is 0 Å². The fraction of sp³-hybridized carbons (Fsp3) is 0.0952. The summed E-state index contributed by atoms with van der Waals surface area (Å²) in [5.41, 5.74) is -0.651. The highest BCUT2D eigenvalue weighted by molar-refractivity contribution is 6.11. The molecule has 3 N–H and O–H groups in total. The number of aromatic hydroxyl groups is 1. The van der Waals surface area contributed by atoms with Gasteiger partial charge in [-0.25, -0.2) is 0 Å². The highest BCUT2D eigenvalue weighted by Crippen LogP contribution is 2.30. The van der Waals surface area contributed by atoms with Crippen molar-refractivity contribution in [3.05, 3.63) is 80.8 Å². The van der Waals surface area contributed by atoms with Crippen molar-refractivity contribution in [2.45, 2.75) is 6.54 Å². The van der Waals surface area contributed by atoms with Crippen LogP contribution in [-0.4, -0.2) is 37.2 Å². The molecule has 0 spiro atoms. The minimum Gasteiger partial charge on any atom is -0.506 e. The van der Waals surface area contributed by atoms with Gasteiger partial charge in [0.1, 0.15) is 22.5 Å². The first kappa shape index (κ1) is 20.0. The maximum atomic E-state index is 13.1. The van der Waals surface area contributed by atoms with E-state index in [1.54, 1.807) is 12.1 Å². The maximum Gasteiger partial charge on any atom is 0.292 e. The lowest BCUT2D eigenvalue weighted by atomic mass is 10.1. The van der Waals surface area contributed by atoms with Crippen molar-refractivity contribution in [2.24, 2.45) is 0 Å². The molecule has 2 aromatic carbocycles. The Hall–Kier alpha value is -4.31. The second-order valence-electron chi connectivity index (χ2n) is 6.71. The number of hydrogen-bond donors (Lipinski definition) is 3. The number of amides is 1. The molecule has 0 aliphatic rings. The average molecular weight is 420 g/mol. The number of pyridine rings is 2. The first-order chi connectivity index (χ1) is 14.9. The zero-order chi connectivity index (χ0) is 22.1. The molecular formula is C21H16N4O6. The molecule has 0 unspecified atom stereocenters. The summed E-state index contributed by atoms with van der Waals surface area (Å²) >= 11 is 0. The van der Waals surface area contributed by atoms with Crippen molar-refractivity contribution in [1.82, 2.24) is 9.55 Å². The van der Waals surface area contributed by atoms with Crippen LogP contribution in [0.15, 0.2) is 59.7 Å². The number of para-hydroxylation sites is 2. The molecule has 0 aliphatic heterocycles. The van der Waals surface area contributed by atoms with Crippen LogP contribution in [0.25, 0.3) is 21.8 Å². The highest BCUT2D eigenvalue weighted by atomic mass is 16.6. The van der Waals surface area contributed by atoms with Gasteiger partial charge in [-0.05, 0) is 24.3 Å². The van der Waals surface area contributed by atoms with Crippen LogP contribution in [0.4, 0.5) is 11.4 Å². The quantitative estimate of drug-likeness (QED) is 0.255. The lowest BCUT2D eigenvalue weighted by Gasteiger charge is -2.15. The van der Waals surface area contributed by atoms with Crippen molar-refractivity contribution in [3.63, 3.8) is 0 Å². The van der Waals surface area contributed by atoms with Gasteiger partial charge in [-0.2, -0.15) is 0 Å². The van der Waals surface area contributed by atoms with Gasteiger partial charge in [-0.1, -0.05) is 12.1 Å². The minimum absolute atomic E-state index is 0.0571. The summed E-state index contributed by atoms with van der Waals surface area (Å²) < 4.78 is 1.52. The van der Waals surface area contributed by atoms with Gasteiger partial charge in [0.2, 0.25) is 5.43 Å². The molecule has 31 heavy (non-hydrogen) atoms. The zero-order valence-corrected chi connectivity index (χ0v) is 16.0. The Bertz CT molecular complexity index is 1410. The Labute approximate surface area is 174 Å². The number of aromatic nitrogens is 2. The monoisotopic (exact) mass is 420 g/mol. The van der Waals surface area contributed by atoms with Gasteiger partial charge in [0, 0.05) is 30.4 Å². The van der Waals surface area contributed by atoms with Crippen LogP contribution < -0.4 is 10.7 Å². The van der Waals surface area contributed by atoms with Gasteiger partial charge in [-0.3, -0.25) is 24.7 Å². The Balaban J connectivity index is 1.93. The highest BCUT2D eigenvalue weighted by Gasteiger charge is 2.21. The normalized spacial score (nSPS) is 11.0. The number of fused-ring (bicyclic) bond motifs is 3. The summed E-state index contributed by atoms with van der Waals surface area (Å²) in [4.78, 5) is 40.7. The minimum atomic E-state index is -0.848. The summed E-state index contributed by atoms with van der Waals surface area (Å²) in [5, 5.41) is 34.0. The second-order valence-corrected chi connectivity index (χ2v) is 6.71. The van der Waals surface area contributed by atoms with E-state index in [4.69, 9.17) is 0 Å². The molecule has 2 aromatic heterocycles. The Morgan fingerprint density at radius 3 is 2.71 bits per heavy atom. The van der Waals surface area contributed by atoms with Gasteiger partial charge in [0.05, 0.1) is 22.4 Å². The van der Waals surface area contributed by atoms with Crippen molar-refractivity contribution >= 4 is 39.1 Å². The number of nitro benzene ring substituents is 1. The van der Waals surface area contributed by atoms with E-state index in [1.165, 1.54) is 47.3 Å². The zero-order valence-electron chi connectivity index (χ0n) is 16.0. The molecule has 4 rings (SSSR count). The van der Waals surface area contributed by atoms with E-state index in [0.717, 1.165) is 0 Å². The van der Waals surface area contributed by atoms with Gasteiger partial charge < -0.3 is 20.1 Å². The predicted octanol–water partition coefficient (Wildman–Crippen LogP) is 2.41. The van der Waals surface area contributed by atoms with E-state index in [-0.39, 0.29) is 46.7 Å². The van der Waals surface area contributed by atoms with E-state index in [1.807, 2.05) is 0 Å². The molecule has 0 atom stereocenters. The summed E-state index contributed by atoms with van der Waals surface area (Å²) in [5.74, 6) is -1.08. The summed E-state index contributed by atoms with van der Waals surface area (Å²) in [6.07, 6.45) is 2.78. The van der Waals surface area contributed by atoms with Gasteiger partial charge in [0.15, 0.2) is 0 Å². The molecule has 2 heterocycles. The smallest absolute Gasteiger partial charge is 0.292 e. The van der Waals surface area contributed by atoms with Crippen LogP contribution in [0.1, 0.15) is 10.4 Å². The molecule has 0 saturated heterocycles. The van der Waals surface area contributed by atoms with E-state index < -0.39 is 16.3 Å². The number of phenols is 1. The fourth-order valence-corrected chi connectivity index (χ4v) is 3.50. The number of phenolic OH excluding ortho intramolecular Hbond substituents is 1. The van der Waals surface area contributed by atoms with E-state index >= 15 is 0 Å². The second kappa shape index (κ2) is 7.84. The predicted molar refractivity (Wildman–Crippen MR) is 113 cm³/mol. The van der Waals surface area contributed by atoms with E-state index in [2.05, 4.69) is 10.3 Å². The molecule has 10 nitrogen and oxygen atoms in total. The first-order valence-corrected chi connectivity index (χ1v) is 9.22. The van der Waals surface area contributed by atoms with Crippen molar-refractivity contribution < 1.29 is 19.9 Å². The van der Waals surface area contributed by atoms with Crippen molar-refractivity contribution in [2.75, 3.05) is 11.9 Å². The molecule has 0 radical (unpaired) electrons. The van der Waals surface area contributed by atoms with Gasteiger partial charge in [-0.15, -0.1) is 0 Å². The molecule has 0 fully saturated rings. The third-order valence-electron chi connectivity index (χ3n) is 4.84. The molecular weight excluding hydrogens is 404 g/mol. The number of anilines is 1. The summed E-state index contributed by atoms with van der Waals surface area (Å²) in [6.45, 7) is -0.205. The Kier molecular flexibility index (Phi) is 5.05. The summed E-state index contributed by atoms with van der Waals surface area (Å²) in [6, 6.07) is 10.1.